The third kappa shape index (κ3) is 3.01. The Bertz CT molecular complexity index is 1380. The number of imidazole rings is 1. The average molecular weight is 417 g/mol. The van der Waals surface area contributed by atoms with Crippen LogP contribution in [-0.2, 0) is 25.4 Å². The summed E-state index contributed by atoms with van der Waals surface area (Å²) in [5.41, 5.74) is 5.48. The maximum Gasteiger partial charge on any atom is 0.332 e. The van der Waals surface area contributed by atoms with Crippen LogP contribution in [0.5, 0.6) is 0 Å². The minimum atomic E-state index is -0.536. The van der Waals surface area contributed by atoms with Crippen LogP contribution in [0.2, 0.25) is 0 Å². The number of amides is 1. The molecule has 0 aliphatic rings. The zero-order chi connectivity index (χ0) is 20.9. The SMILES string of the molecule is Cn1c(=O)c2c(n(C)c1=O)n1c(SCC(N)=O)nnc1n2Cc1ccc(F)cc1. The summed E-state index contributed by atoms with van der Waals surface area (Å²) in [5.74, 6) is -0.632. The molecule has 4 rings (SSSR count). The van der Waals surface area contributed by atoms with Gasteiger partial charge >= 0.3 is 5.69 Å². The van der Waals surface area contributed by atoms with Crippen LogP contribution >= 0.6 is 11.8 Å². The molecular formula is C17H16FN7O3S. The zero-order valence-electron chi connectivity index (χ0n) is 15.5. The molecule has 0 bridgehead atoms. The molecule has 0 aliphatic heterocycles. The predicted octanol–water partition coefficient (Wildman–Crippen LogP) is -0.154. The van der Waals surface area contributed by atoms with E-state index in [9.17, 15) is 18.8 Å². The fourth-order valence-electron chi connectivity index (χ4n) is 3.18. The first kappa shape index (κ1) is 18.9. The van der Waals surface area contributed by atoms with E-state index < -0.39 is 17.2 Å². The van der Waals surface area contributed by atoms with Gasteiger partial charge in [-0.3, -0.25) is 23.3 Å². The van der Waals surface area contributed by atoms with Crippen LogP contribution in [0.4, 0.5) is 4.39 Å². The monoisotopic (exact) mass is 417 g/mol. The molecule has 0 atom stereocenters. The molecule has 0 radical (unpaired) electrons. The van der Waals surface area contributed by atoms with Gasteiger partial charge < -0.3 is 5.73 Å². The molecular weight excluding hydrogens is 401 g/mol. The molecule has 2 N–H and O–H groups in total. The molecule has 150 valence electrons. The van der Waals surface area contributed by atoms with Crippen molar-refractivity contribution in [2.24, 2.45) is 19.8 Å². The number of hydrogen-bond acceptors (Lipinski definition) is 6. The molecule has 1 amide bonds. The third-order valence-corrected chi connectivity index (χ3v) is 5.50. The van der Waals surface area contributed by atoms with Crippen molar-refractivity contribution < 1.29 is 9.18 Å². The van der Waals surface area contributed by atoms with Crippen LogP contribution in [0.25, 0.3) is 16.9 Å². The molecule has 0 saturated carbocycles. The van der Waals surface area contributed by atoms with E-state index in [0.29, 0.717) is 16.6 Å². The highest BCUT2D eigenvalue weighted by atomic mass is 32.2. The smallest absolute Gasteiger partial charge is 0.332 e. The molecule has 12 heteroatoms. The number of nitrogens with zero attached hydrogens (tertiary/aromatic N) is 6. The lowest BCUT2D eigenvalue weighted by Crippen LogP contribution is -2.37. The Morgan fingerprint density at radius 1 is 1.14 bits per heavy atom. The number of nitrogens with two attached hydrogens (primary N) is 1. The van der Waals surface area contributed by atoms with Gasteiger partial charge in [0.1, 0.15) is 5.82 Å². The van der Waals surface area contributed by atoms with Gasteiger partial charge in [-0.05, 0) is 17.7 Å². The minimum Gasteiger partial charge on any atom is -0.369 e. The van der Waals surface area contributed by atoms with Crippen molar-refractivity contribution in [3.63, 3.8) is 0 Å². The maximum absolute atomic E-state index is 13.3. The quantitative estimate of drug-likeness (QED) is 0.451. The molecule has 0 aliphatic carbocycles. The number of aromatic nitrogens is 6. The minimum absolute atomic E-state index is 0.0375. The number of thioether (sulfide) groups is 1. The number of fused-ring (bicyclic) bond motifs is 3. The van der Waals surface area contributed by atoms with Gasteiger partial charge in [0.05, 0.1) is 12.3 Å². The average Bonchev–Trinajstić information content (AvgIpc) is 3.23. The summed E-state index contributed by atoms with van der Waals surface area (Å²) in [6.45, 7) is 0.208. The first-order valence-electron chi connectivity index (χ1n) is 8.48. The fraction of sp³-hybridized carbons (Fsp3) is 0.235. The molecule has 1 aromatic carbocycles. The summed E-state index contributed by atoms with van der Waals surface area (Å²) in [4.78, 5) is 36.6. The number of carbonyl (C=O) groups excluding carboxylic acids is 1. The van der Waals surface area contributed by atoms with Crippen LogP contribution in [0.3, 0.4) is 0 Å². The van der Waals surface area contributed by atoms with Gasteiger partial charge in [-0.1, -0.05) is 23.9 Å². The summed E-state index contributed by atoms with van der Waals surface area (Å²) in [7, 11) is 2.93. The highest BCUT2D eigenvalue weighted by Gasteiger charge is 2.24. The van der Waals surface area contributed by atoms with Gasteiger partial charge in [0.25, 0.3) is 5.56 Å². The van der Waals surface area contributed by atoms with Crippen LogP contribution in [0.15, 0.2) is 39.0 Å². The molecule has 0 unspecified atom stereocenters. The van der Waals surface area contributed by atoms with Crippen LogP contribution in [-0.4, -0.2) is 40.0 Å². The van der Waals surface area contributed by atoms with E-state index in [-0.39, 0.29) is 23.6 Å². The molecule has 4 aromatic rings. The summed E-state index contributed by atoms with van der Waals surface area (Å²) in [6, 6.07) is 5.85. The summed E-state index contributed by atoms with van der Waals surface area (Å²) in [5, 5.41) is 8.56. The molecule has 0 fully saturated rings. The lowest BCUT2D eigenvalue weighted by Gasteiger charge is -2.07. The van der Waals surface area contributed by atoms with E-state index in [1.54, 1.807) is 21.1 Å². The first-order valence-corrected chi connectivity index (χ1v) is 9.47. The Kier molecular flexibility index (Phi) is 4.49. The summed E-state index contributed by atoms with van der Waals surface area (Å²) >= 11 is 1.05. The number of hydrogen-bond donors (Lipinski definition) is 1. The van der Waals surface area contributed by atoms with E-state index in [1.807, 2.05) is 0 Å². The molecule has 29 heavy (non-hydrogen) atoms. The second-order valence-electron chi connectivity index (χ2n) is 6.46. The maximum atomic E-state index is 13.3. The van der Waals surface area contributed by atoms with Crippen molar-refractivity contribution in [1.82, 2.24) is 28.3 Å². The molecule has 0 spiro atoms. The number of rotatable bonds is 5. The number of halogens is 1. The summed E-state index contributed by atoms with van der Waals surface area (Å²) in [6.07, 6.45) is 0. The Balaban J connectivity index is 2.05. The first-order chi connectivity index (χ1) is 13.8. The van der Waals surface area contributed by atoms with Crippen LogP contribution in [0, 0.1) is 5.82 Å². The van der Waals surface area contributed by atoms with Gasteiger partial charge in [-0.25, -0.2) is 13.6 Å². The molecule has 0 saturated heterocycles. The second-order valence-corrected chi connectivity index (χ2v) is 7.41. The standard InChI is InChI=1S/C17H16FN7O3S/c1-22-13-12(14(27)23(2)17(22)28)24(7-9-3-5-10(18)6-4-9)15-20-21-16(25(13)15)29-8-11(19)26/h3-6H,7-8H2,1-2H3,(H2,19,26). The Hall–Kier alpha value is -3.41. The van der Waals surface area contributed by atoms with Gasteiger partial charge in [0.2, 0.25) is 11.7 Å². The van der Waals surface area contributed by atoms with Crippen molar-refractivity contribution in [2.75, 3.05) is 5.75 Å². The van der Waals surface area contributed by atoms with E-state index in [1.165, 1.54) is 30.8 Å². The topological polar surface area (TPSA) is 122 Å². The number of aryl methyl sites for hydroxylation is 1. The Morgan fingerprint density at radius 2 is 1.83 bits per heavy atom. The van der Waals surface area contributed by atoms with Crippen LogP contribution in [0.1, 0.15) is 5.56 Å². The van der Waals surface area contributed by atoms with Gasteiger partial charge in [-0.2, -0.15) is 0 Å². The zero-order valence-corrected chi connectivity index (χ0v) is 16.3. The lowest BCUT2D eigenvalue weighted by atomic mass is 10.2. The largest absolute Gasteiger partial charge is 0.369 e. The lowest BCUT2D eigenvalue weighted by molar-refractivity contribution is -0.115. The highest BCUT2D eigenvalue weighted by Crippen LogP contribution is 2.24. The van der Waals surface area contributed by atoms with Crippen molar-refractivity contribution in [3.05, 3.63) is 56.5 Å². The normalized spacial score (nSPS) is 11.6. The van der Waals surface area contributed by atoms with Gasteiger partial charge in [0.15, 0.2) is 16.3 Å². The molecule has 3 heterocycles. The molecule has 10 nitrogen and oxygen atoms in total. The van der Waals surface area contributed by atoms with Crippen molar-refractivity contribution in [3.8, 4) is 0 Å². The second kappa shape index (κ2) is 6.88. The van der Waals surface area contributed by atoms with Crippen LogP contribution < -0.4 is 17.0 Å². The van der Waals surface area contributed by atoms with Crippen molar-refractivity contribution in [2.45, 2.75) is 11.7 Å². The molecule has 3 aromatic heterocycles. The number of carbonyl (C=O) groups is 1. The van der Waals surface area contributed by atoms with E-state index in [2.05, 4.69) is 10.2 Å². The number of benzene rings is 1. The van der Waals surface area contributed by atoms with E-state index in [0.717, 1.165) is 21.9 Å². The predicted molar refractivity (Wildman–Crippen MR) is 104 cm³/mol. The fourth-order valence-corrected chi connectivity index (χ4v) is 3.85. The van der Waals surface area contributed by atoms with Gasteiger partial charge in [-0.15, -0.1) is 10.2 Å². The van der Waals surface area contributed by atoms with E-state index >= 15 is 0 Å². The van der Waals surface area contributed by atoms with Crippen molar-refractivity contribution in [1.29, 1.82) is 0 Å². The van der Waals surface area contributed by atoms with E-state index in [4.69, 9.17) is 5.73 Å². The Labute approximate surface area is 166 Å². The van der Waals surface area contributed by atoms with Gasteiger partial charge in [0, 0.05) is 14.1 Å². The third-order valence-electron chi connectivity index (χ3n) is 4.55. The summed E-state index contributed by atoms with van der Waals surface area (Å²) < 4.78 is 18.8. The number of primary amides is 1. The Morgan fingerprint density at radius 3 is 2.48 bits per heavy atom. The van der Waals surface area contributed by atoms with Crippen molar-refractivity contribution >= 4 is 34.6 Å². The highest BCUT2D eigenvalue weighted by molar-refractivity contribution is 7.99.